The van der Waals surface area contributed by atoms with Gasteiger partial charge in [-0.1, -0.05) is 0 Å². The van der Waals surface area contributed by atoms with Gasteiger partial charge in [-0.05, 0) is 55.3 Å². The Labute approximate surface area is 114 Å². The molecule has 0 atom stereocenters. The van der Waals surface area contributed by atoms with E-state index in [1.165, 1.54) is 19.2 Å². The zero-order chi connectivity index (χ0) is 12.3. The summed E-state index contributed by atoms with van der Waals surface area (Å²) in [5.41, 5.74) is -0.0768. The average molecular weight is 348 g/mol. The van der Waals surface area contributed by atoms with Gasteiger partial charge in [-0.25, -0.2) is 4.98 Å². The molecule has 5 nitrogen and oxygen atoms in total. The van der Waals surface area contributed by atoms with E-state index in [2.05, 4.69) is 20.6 Å². The summed E-state index contributed by atoms with van der Waals surface area (Å²) >= 11 is 2.03. The predicted molar refractivity (Wildman–Crippen MR) is 76.3 cm³/mol. The molecular weight excluding hydrogens is 331 g/mol. The maximum Gasteiger partial charge on any atom is 0.266 e. The fourth-order valence-electron chi connectivity index (χ4n) is 2.20. The number of hydrogen-bond donors (Lipinski definition) is 3. The molecule has 0 aliphatic heterocycles. The molecule has 1 heterocycles. The molecule has 1 aromatic heterocycles. The Hall–Kier alpha value is -0.630. The number of halogens is 1. The van der Waals surface area contributed by atoms with Gasteiger partial charge < -0.3 is 15.6 Å². The number of rotatable bonds is 3. The highest BCUT2D eigenvalue weighted by atomic mass is 127. The first-order chi connectivity index (χ1) is 8.20. The summed E-state index contributed by atoms with van der Waals surface area (Å²) in [6, 6.07) is 1.07. The molecule has 0 unspecified atom stereocenters. The summed E-state index contributed by atoms with van der Waals surface area (Å²) in [5.74, 6) is 0.710. The van der Waals surface area contributed by atoms with Gasteiger partial charge in [-0.15, -0.1) is 0 Å². The Bertz CT molecular complexity index is 426. The number of H-pyrrole nitrogens is 1. The molecule has 0 aromatic carbocycles. The number of nitrogens with zero attached hydrogens (tertiary/aromatic N) is 1. The molecule has 3 N–H and O–H groups in total. The quantitative estimate of drug-likeness (QED) is 0.721. The second-order valence-corrected chi connectivity index (χ2v) is 5.45. The first kappa shape index (κ1) is 12.8. The Morgan fingerprint density at radius 2 is 2.00 bits per heavy atom. The van der Waals surface area contributed by atoms with Crippen molar-refractivity contribution in [3.63, 3.8) is 0 Å². The molecule has 0 spiro atoms. The first-order valence-corrected chi connectivity index (χ1v) is 6.95. The van der Waals surface area contributed by atoms with Crippen molar-refractivity contribution in [1.82, 2.24) is 15.3 Å². The van der Waals surface area contributed by atoms with Crippen molar-refractivity contribution in [3.8, 4) is 0 Å². The maximum absolute atomic E-state index is 11.4. The molecule has 17 heavy (non-hydrogen) atoms. The zero-order valence-corrected chi connectivity index (χ0v) is 12.0. The largest absolute Gasteiger partial charge is 0.366 e. The Morgan fingerprint density at radius 1 is 1.35 bits per heavy atom. The minimum atomic E-state index is -0.0768. The SMILES string of the molecule is CNC1CCC(Nc2nc[nH]c(=O)c2I)CC1. The highest BCUT2D eigenvalue weighted by Crippen LogP contribution is 2.22. The summed E-state index contributed by atoms with van der Waals surface area (Å²) in [6.07, 6.45) is 6.04. The van der Waals surface area contributed by atoms with Gasteiger partial charge >= 0.3 is 0 Å². The van der Waals surface area contributed by atoms with Gasteiger partial charge in [-0.2, -0.15) is 0 Å². The molecule has 94 valence electrons. The number of anilines is 1. The topological polar surface area (TPSA) is 69.8 Å². The fraction of sp³-hybridized carbons (Fsp3) is 0.636. The van der Waals surface area contributed by atoms with Gasteiger partial charge in [0.05, 0.1) is 6.33 Å². The van der Waals surface area contributed by atoms with Crippen LogP contribution in [0.1, 0.15) is 25.7 Å². The van der Waals surface area contributed by atoms with Gasteiger partial charge in [0, 0.05) is 12.1 Å². The fourth-order valence-corrected chi connectivity index (χ4v) is 2.65. The van der Waals surface area contributed by atoms with E-state index >= 15 is 0 Å². The number of nitrogens with one attached hydrogen (secondary N) is 3. The van der Waals surface area contributed by atoms with Crippen molar-refractivity contribution in [2.45, 2.75) is 37.8 Å². The van der Waals surface area contributed by atoms with Gasteiger partial charge in [0.2, 0.25) is 0 Å². The lowest BCUT2D eigenvalue weighted by Crippen LogP contribution is -2.35. The van der Waals surface area contributed by atoms with Crippen LogP contribution in [-0.2, 0) is 0 Å². The van der Waals surface area contributed by atoms with Crippen molar-refractivity contribution in [2.24, 2.45) is 0 Å². The molecule has 1 aliphatic rings. The minimum absolute atomic E-state index is 0.0768. The van der Waals surface area contributed by atoms with Crippen LogP contribution in [0.3, 0.4) is 0 Å². The molecule has 0 saturated heterocycles. The van der Waals surface area contributed by atoms with Crippen molar-refractivity contribution >= 4 is 28.4 Å². The molecule has 6 heteroatoms. The lowest BCUT2D eigenvalue weighted by atomic mass is 9.91. The highest BCUT2D eigenvalue weighted by molar-refractivity contribution is 14.1. The van der Waals surface area contributed by atoms with Gasteiger partial charge in [0.25, 0.3) is 5.56 Å². The van der Waals surface area contributed by atoms with Crippen LogP contribution < -0.4 is 16.2 Å². The second kappa shape index (κ2) is 5.81. The van der Waals surface area contributed by atoms with Crippen LogP contribution in [0.5, 0.6) is 0 Å². The summed E-state index contributed by atoms with van der Waals surface area (Å²) in [6.45, 7) is 0. The molecule has 1 aliphatic carbocycles. The Morgan fingerprint density at radius 3 is 2.65 bits per heavy atom. The summed E-state index contributed by atoms with van der Waals surface area (Å²) < 4.78 is 0.640. The van der Waals surface area contributed by atoms with Crippen LogP contribution in [0.15, 0.2) is 11.1 Å². The second-order valence-electron chi connectivity index (χ2n) is 4.38. The zero-order valence-electron chi connectivity index (χ0n) is 9.79. The van der Waals surface area contributed by atoms with Crippen LogP contribution in [0, 0.1) is 3.57 Å². The van der Waals surface area contributed by atoms with E-state index in [9.17, 15) is 4.79 Å². The van der Waals surface area contributed by atoms with Crippen LogP contribution in [0.4, 0.5) is 5.82 Å². The Balaban J connectivity index is 1.98. The number of hydrogen-bond acceptors (Lipinski definition) is 4. The third kappa shape index (κ3) is 3.19. The molecule has 0 radical (unpaired) electrons. The average Bonchev–Trinajstić information content (AvgIpc) is 2.36. The van der Waals surface area contributed by atoms with Gasteiger partial charge in [0.15, 0.2) is 0 Å². The third-order valence-electron chi connectivity index (χ3n) is 3.27. The smallest absolute Gasteiger partial charge is 0.266 e. The van der Waals surface area contributed by atoms with Crippen LogP contribution in [-0.4, -0.2) is 29.1 Å². The van der Waals surface area contributed by atoms with E-state index in [4.69, 9.17) is 0 Å². The monoisotopic (exact) mass is 348 g/mol. The lowest BCUT2D eigenvalue weighted by molar-refractivity contribution is 0.371. The third-order valence-corrected chi connectivity index (χ3v) is 4.27. The lowest BCUT2D eigenvalue weighted by Gasteiger charge is -2.29. The highest BCUT2D eigenvalue weighted by Gasteiger charge is 2.20. The van der Waals surface area contributed by atoms with Crippen molar-refractivity contribution in [2.75, 3.05) is 12.4 Å². The molecule has 1 fully saturated rings. The van der Waals surface area contributed by atoms with Crippen LogP contribution in [0.25, 0.3) is 0 Å². The minimum Gasteiger partial charge on any atom is -0.366 e. The van der Waals surface area contributed by atoms with E-state index in [-0.39, 0.29) is 5.56 Å². The molecule has 2 rings (SSSR count). The number of aromatic amines is 1. The van der Waals surface area contributed by atoms with E-state index in [0.29, 0.717) is 21.5 Å². The molecule has 0 bridgehead atoms. The summed E-state index contributed by atoms with van der Waals surface area (Å²) in [7, 11) is 2.01. The van der Waals surface area contributed by atoms with E-state index < -0.39 is 0 Å². The predicted octanol–water partition coefficient (Wildman–Crippen LogP) is 1.32. The summed E-state index contributed by atoms with van der Waals surface area (Å²) in [5, 5.41) is 6.68. The molecule has 1 aromatic rings. The Kier molecular flexibility index (Phi) is 4.38. The molecule has 0 amide bonds. The van der Waals surface area contributed by atoms with Crippen LogP contribution >= 0.6 is 22.6 Å². The van der Waals surface area contributed by atoms with Crippen molar-refractivity contribution in [3.05, 3.63) is 20.3 Å². The standard InChI is InChI=1S/C11H17IN4O/c1-13-7-2-4-8(5-3-7)16-10-9(12)11(17)15-6-14-10/h6-8,13H,2-5H2,1H3,(H2,14,15,16,17). The normalized spacial score (nSPS) is 24.6. The van der Waals surface area contributed by atoms with Gasteiger partial charge in [0.1, 0.15) is 9.39 Å². The van der Waals surface area contributed by atoms with Crippen LogP contribution in [0.2, 0.25) is 0 Å². The number of aromatic nitrogens is 2. The molecule has 1 saturated carbocycles. The van der Waals surface area contributed by atoms with E-state index in [1.54, 1.807) is 0 Å². The van der Waals surface area contributed by atoms with Crippen molar-refractivity contribution in [1.29, 1.82) is 0 Å². The summed E-state index contributed by atoms with van der Waals surface area (Å²) in [4.78, 5) is 18.2. The van der Waals surface area contributed by atoms with E-state index in [0.717, 1.165) is 12.8 Å². The van der Waals surface area contributed by atoms with E-state index in [1.807, 2.05) is 29.6 Å². The van der Waals surface area contributed by atoms with Gasteiger partial charge in [-0.3, -0.25) is 4.79 Å². The van der Waals surface area contributed by atoms with Crippen molar-refractivity contribution < 1.29 is 0 Å². The molecular formula is C11H17IN4O. The first-order valence-electron chi connectivity index (χ1n) is 5.87. The maximum atomic E-state index is 11.4.